The van der Waals surface area contributed by atoms with E-state index in [-0.39, 0.29) is 17.6 Å². The molecule has 5 atom stereocenters. The first-order valence-corrected chi connectivity index (χ1v) is 4.92. The second kappa shape index (κ2) is 1.69. The summed E-state index contributed by atoms with van der Waals surface area (Å²) < 4.78 is 5.44. The van der Waals surface area contributed by atoms with Gasteiger partial charge in [0.1, 0.15) is 17.3 Å². The molecule has 3 saturated carbocycles. The van der Waals surface area contributed by atoms with Crippen LogP contribution in [-0.4, -0.2) is 33.6 Å². The highest BCUT2D eigenvalue weighted by Gasteiger charge is 2.82. The molecular formula is C10H16O3. The van der Waals surface area contributed by atoms with Crippen molar-refractivity contribution in [2.75, 3.05) is 0 Å². The minimum absolute atomic E-state index is 0.121. The molecule has 0 aromatic carbocycles. The first-order valence-electron chi connectivity index (χ1n) is 4.92. The molecular weight excluding hydrogens is 168 g/mol. The Morgan fingerprint density at radius 3 is 2.38 bits per heavy atom. The van der Waals surface area contributed by atoms with Crippen molar-refractivity contribution in [3.05, 3.63) is 0 Å². The molecule has 3 aliphatic carbocycles. The van der Waals surface area contributed by atoms with Crippen LogP contribution in [0.1, 0.15) is 27.2 Å². The molecule has 13 heavy (non-hydrogen) atoms. The van der Waals surface area contributed by atoms with Gasteiger partial charge >= 0.3 is 0 Å². The predicted molar refractivity (Wildman–Crippen MR) is 46.1 cm³/mol. The summed E-state index contributed by atoms with van der Waals surface area (Å²) >= 11 is 0. The lowest BCUT2D eigenvalue weighted by Gasteiger charge is -2.66. The van der Waals surface area contributed by atoms with Crippen molar-refractivity contribution in [3.8, 4) is 0 Å². The smallest absolute Gasteiger partial charge is 0.120 e. The zero-order valence-electron chi connectivity index (χ0n) is 8.24. The highest BCUT2D eigenvalue weighted by atomic mass is 16.6. The maximum absolute atomic E-state index is 10.4. The Bertz CT molecular complexity index is 284. The largest absolute Gasteiger partial charge is 0.386 e. The van der Waals surface area contributed by atoms with E-state index >= 15 is 0 Å². The number of hydrogen-bond acceptors (Lipinski definition) is 3. The average molecular weight is 184 g/mol. The molecule has 3 nitrogen and oxygen atoms in total. The van der Waals surface area contributed by atoms with Gasteiger partial charge in [-0.15, -0.1) is 0 Å². The Kier molecular flexibility index (Phi) is 1.06. The summed E-state index contributed by atoms with van der Waals surface area (Å²) in [4.78, 5) is 0. The number of aliphatic hydroxyl groups is 2. The van der Waals surface area contributed by atoms with E-state index in [0.29, 0.717) is 12.3 Å². The van der Waals surface area contributed by atoms with Crippen molar-refractivity contribution >= 4 is 0 Å². The van der Waals surface area contributed by atoms with Crippen LogP contribution in [0.15, 0.2) is 0 Å². The minimum Gasteiger partial charge on any atom is -0.386 e. The molecule has 0 aromatic heterocycles. The lowest BCUT2D eigenvalue weighted by Crippen LogP contribution is -2.77. The monoisotopic (exact) mass is 184 g/mol. The maximum Gasteiger partial charge on any atom is 0.120 e. The summed E-state index contributed by atoms with van der Waals surface area (Å²) in [7, 11) is 0. The van der Waals surface area contributed by atoms with Gasteiger partial charge in [0.05, 0.1) is 6.10 Å². The summed E-state index contributed by atoms with van der Waals surface area (Å²) in [6, 6.07) is 0. The van der Waals surface area contributed by atoms with Crippen LogP contribution < -0.4 is 0 Å². The zero-order chi connectivity index (χ0) is 9.65. The molecule has 2 bridgehead atoms. The van der Waals surface area contributed by atoms with Crippen molar-refractivity contribution in [2.24, 2.45) is 11.3 Å². The van der Waals surface area contributed by atoms with Crippen molar-refractivity contribution in [2.45, 2.75) is 50.6 Å². The third-order valence-electron chi connectivity index (χ3n) is 4.82. The van der Waals surface area contributed by atoms with Crippen LogP contribution in [0.25, 0.3) is 0 Å². The van der Waals surface area contributed by atoms with Crippen molar-refractivity contribution in [3.63, 3.8) is 0 Å². The molecule has 5 unspecified atom stereocenters. The van der Waals surface area contributed by atoms with Crippen LogP contribution in [0.4, 0.5) is 0 Å². The van der Waals surface area contributed by atoms with E-state index in [2.05, 4.69) is 0 Å². The third-order valence-corrected chi connectivity index (χ3v) is 4.82. The lowest BCUT2D eigenvalue weighted by molar-refractivity contribution is -0.300. The molecule has 4 fully saturated rings. The normalized spacial score (nSPS) is 66.7. The Morgan fingerprint density at radius 1 is 1.23 bits per heavy atom. The van der Waals surface area contributed by atoms with Crippen LogP contribution in [0, 0.1) is 11.3 Å². The van der Waals surface area contributed by atoms with Crippen molar-refractivity contribution in [1.82, 2.24) is 0 Å². The third kappa shape index (κ3) is 0.576. The summed E-state index contributed by atoms with van der Waals surface area (Å²) in [6.45, 7) is 5.75. The summed E-state index contributed by atoms with van der Waals surface area (Å²) in [5, 5.41) is 20.6. The molecule has 1 aliphatic heterocycles. The van der Waals surface area contributed by atoms with Crippen LogP contribution in [0.5, 0.6) is 0 Å². The van der Waals surface area contributed by atoms with Gasteiger partial charge in [-0.2, -0.15) is 0 Å². The topological polar surface area (TPSA) is 53.0 Å². The Balaban J connectivity index is 2.10. The fourth-order valence-electron chi connectivity index (χ4n) is 3.52. The zero-order valence-corrected chi connectivity index (χ0v) is 8.24. The van der Waals surface area contributed by atoms with Gasteiger partial charge in [0, 0.05) is 5.41 Å². The molecule has 74 valence electrons. The predicted octanol–water partition coefficient (Wildman–Crippen LogP) is 0.296. The van der Waals surface area contributed by atoms with Crippen LogP contribution >= 0.6 is 0 Å². The molecule has 3 heteroatoms. The first kappa shape index (κ1) is 8.21. The number of rotatable bonds is 0. The second-order valence-electron chi connectivity index (χ2n) is 5.56. The van der Waals surface area contributed by atoms with E-state index < -0.39 is 11.2 Å². The van der Waals surface area contributed by atoms with Gasteiger partial charge in [-0.25, -0.2) is 0 Å². The van der Waals surface area contributed by atoms with Gasteiger partial charge in [0.2, 0.25) is 0 Å². The summed E-state index contributed by atoms with van der Waals surface area (Å²) in [5.74, 6) is 0.433. The van der Waals surface area contributed by atoms with E-state index in [1.165, 1.54) is 0 Å². The molecule has 0 radical (unpaired) electrons. The van der Waals surface area contributed by atoms with Gasteiger partial charge in [-0.1, -0.05) is 13.8 Å². The maximum atomic E-state index is 10.4. The fraction of sp³-hybridized carbons (Fsp3) is 1.00. The summed E-state index contributed by atoms with van der Waals surface area (Å²) in [6.07, 6.45) is 0.761. The van der Waals surface area contributed by atoms with Crippen molar-refractivity contribution in [1.29, 1.82) is 0 Å². The van der Waals surface area contributed by atoms with Gasteiger partial charge in [0.25, 0.3) is 0 Å². The van der Waals surface area contributed by atoms with Gasteiger partial charge in [0.15, 0.2) is 0 Å². The van der Waals surface area contributed by atoms with Gasteiger partial charge < -0.3 is 14.9 Å². The Labute approximate surface area is 77.7 Å². The first-order chi connectivity index (χ1) is 5.82. The van der Waals surface area contributed by atoms with E-state index in [0.717, 1.165) is 0 Å². The van der Waals surface area contributed by atoms with E-state index in [9.17, 15) is 10.2 Å². The average Bonchev–Trinajstić information content (AvgIpc) is 2.76. The van der Waals surface area contributed by atoms with Gasteiger partial charge in [-0.05, 0) is 19.3 Å². The molecule has 0 amide bonds. The van der Waals surface area contributed by atoms with E-state index in [1.54, 1.807) is 6.92 Å². The SMILES string of the molecule is CC1(C)C2CC1(O)C(C)(O)C1OC21. The fourth-order valence-corrected chi connectivity index (χ4v) is 3.52. The van der Waals surface area contributed by atoms with Crippen LogP contribution in [-0.2, 0) is 4.74 Å². The van der Waals surface area contributed by atoms with Crippen LogP contribution in [0.2, 0.25) is 0 Å². The molecule has 4 aliphatic rings. The Morgan fingerprint density at radius 2 is 1.85 bits per heavy atom. The molecule has 0 aromatic rings. The second-order valence-corrected chi connectivity index (χ2v) is 5.56. The molecule has 2 N–H and O–H groups in total. The van der Waals surface area contributed by atoms with Crippen molar-refractivity contribution < 1.29 is 14.9 Å². The highest BCUT2D eigenvalue weighted by molar-refractivity contribution is 5.31. The van der Waals surface area contributed by atoms with E-state index in [1.807, 2.05) is 13.8 Å². The standard InChI is InChI=1S/C10H16O3/c1-8(2)5-4-10(8,12)9(3,11)7-6(5)13-7/h5-7,11-12H,4H2,1-3H3. The molecule has 1 saturated heterocycles. The molecule has 1 heterocycles. The number of epoxide rings is 1. The van der Waals surface area contributed by atoms with Crippen LogP contribution in [0.3, 0.4) is 0 Å². The number of ether oxygens (including phenoxy) is 1. The highest BCUT2D eigenvalue weighted by Crippen LogP contribution is 2.70. The number of hydrogen-bond donors (Lipinski definition) is 2. The van der Waals surface area contributed by atoms with E-state index in [4.69, 9.17) is 4.74 Å². The van der Waals surface area contributed by atoms with Gasteiger partial charge in [-0.3, -0.25) is 0 Å². The Hall–Kier alpha value is -0.120. The lowest BCUT2D eigenvalue weighted by atomic mass is 9.41. The quantitative estimate of drug-likeness (QED) is 0.532. The molecule has 0 spiro atoms. The molecule has 4 rings (SSSR count). The summed E-state index contributed by atoms with van der Waals surface area (Å²) in [5.41, 5.74) is -2.20. The minimum atomic E-state index is -1.06.